The predicted octanol–water partition coefficient (Wildman–Crippen LogP) is -0.0246. The van der Waals surface area contributed by atoms with E-state index in [1.165, 1.54) is 13.0 Å². The van der Waals surface area contributed by atoms with Crippen LogP contribution in [0.15, 0.2) is 11.6 Å². The molecule has 17 heavy (non-hydrogen) atoms. The lowest BCUT2D eigenvalue weighted by Gasteiger charge is -2.22. The SMILES string of the molecule is CCC=C(C)C(=O)OC(O)(CS(=O)O)S(=O)O. The van der Waals surface area contributed by atoms with Crippen molar-refractivity contribution in [2.24, 2.45) is 0 Å². The van der Waals surface area contributed by atoms with Crippen LogP contribution in [0.25, 0.3) is 0 Å². The van der Waals surface area contributed by atoms with E-state index >= 15 is 0 Å². The zero-order valence-corrected chi connectivity index (χ0v) is 10.9. The Kier molecular flexibility index (Phi) is 6.72. The van der Waals surface area contributed by atoms with Crippen LogP contribution < -0.4 is 0 Å². The first-order valence-corrected chi connectivity index (χ1v) is 6.92. The zero-order chi connectivity index (χ0) is 13.6. The Morgan fingerprint density at radius 2 is 1.94 bits per heavy atom. The van der Waals surface area contributed by atoms with Crippen LogP contribution in [0.4, 0.5) is 0 Å². The van der Waals surface area contributed by atoms with Gasteiger partial charge in [-0.05, 0) is 13.3 Å². The van der Waals surface area contributed by atoms with Crippen molar-refractivity contribution in [1.82, 2.24) is 0 Å². The molecule has 9 heteroatoms. The number of hydrogen-bond acceptors (Lipinski definition) is 5. The molecule has 0 bridgehead atoms. The maximum absolute atomic E-state index is 11.4. The monoisotopic (exact) mass is 286 g/mol. The van der Waals surface area contributed by atoms with Crippen molar-refractivity contribution in [3.63, 3.8) is 0 Å². The van der Waals surface area contributed by atoms with Crippen LogP contribution in [-0.2, 0) is 31.7 Å². The molecule has 100 valence electrons. The van der Waals surface area contributed by atoms with Crippen molar-refractivity contribution < 1.29 is 32.2 Å². The highest BCUT2D eigenvalue weighted by Crippen LogP contribution is 2.15. The third kappa shape index (κ3) is 5.50. The molecule has 7 nitrogen and oxygen atoms in total. The molecule has 0 aliphatic carbocycles. The Bertz CT molecular complexity index is 365. The third-order valence-electron chi connectivity index (χ3n) is 1.66. The summed E-state index contributed by atoms with van der Waals surface area (Å²) in [5.74, 6) is -2.09. The number of aliphatic hydroxyl groups is 1. The molecule has 0 spiro atoms. The van der Waals surface area contributed by atoms with E-state index in [1.54, 1.807) is 6.92 Å². The van der Waals surface area contributed by atoms with E-state index in [4.69, 9.17) is 9.11 Å². The average molecular weight is 286 g/mol. The molecule has 0 aliphatic rings. The largest absolute Gasteiger partial charge is 0.414 e. The first-order chi connectivity index (χ1) is 7.73. The summed E-state index contributed by atoms with van der Waals surface area (Å²) in [5, 5.41) is 6.58. The fourth-order valence-electron chi connectivity index (χ4n) is 0.886. The molecule has 3 N–H and O–H groups in total. The van der Waals surface area contributed by atoms with Crippen molar-refractivity contribution in [3.8, 4) is 0 Å². The van der Waals surface area contributed by atoms with Crippen LogP contribution in [0.3, 0.4) is 0 Å². The molecule has 0 saturated carbocycles. The Labute approximate surface area is 103 Å². The summed E-state index contributed by atoms with van der Waals surface area (Å²) in [4.78, 5) is 11.4. The summed E-state index contributed by atoms with van der Waals surface area (Å²) < 4.78 is 43.0. The fraction of sp³-hybridized carbons (Fsp3) is 0.625. The summed E-state index contributed by atoms with van der Waals surface area (Å²) in [7, 11) is 0. The molecule has 0 heterocycles. The number of ether oxygens (including phenoxy) is 1. The minimum Gasteiger partial charge on any atom is -0.414 e. The van der Waals surface area contributed by atoms with E-state index < -0.39 is 39.0 Å². The van der Waals surface area contributed by atoms with E-state index in [2.05, 4.69) is 4.74 Å². The lowest BCUT2D eigenvalue weighted by Crippen LogP contribution is -2.44. The van der Waals surface area contributed by atoms with Gasteiger partial charge in [0, 0.05) is 5.57 Å². The van der Waals surface area contributed by atoms with Gasteiger partial charge in [0.1, 0.15) is 5.75 Å². The van der Waals surface area contributed by atoms with Gasteiger partial charge in [-0.25, -0.2) is 13.2 Å². The number of hydrogen-bond donors (Lipinski definition) is 3. The minimum atomic E-state index is -3.00. The number of rotatable bonds is 6. The number of carbonyl (C=O) groups excluding carboxylic acids is 1. The second kappa shape index (κ2) is 6.97. The molecular formula is C8H14O7S2. The third-order valence-corrected chi connectivity index (χ3v) is 3.26. The molecule has 0 fully saturated rings. The van der Waals surface area contributed by atoms with Crippen LogP contribution in [-0.4, -0.2) is 39.5 Å². The van der Waals surface area contributed by atoms with Crippen molar-refractivity contribution in [2.75, 3.05) is 5.75 Å². The van der Waals surface area contributed by atoms with Gasteiger partial charge in [0.05, 0.1) is 0 Å². The molecule has 0 aliphatic heterocycles. The predicted molar refractivity (Wildman–Crippen MR) is 61.5 cm³/mol. The molecular weight excluding hydrogens is 272 g/mol. The summed E-state index contributed by atoms with van der Waals surface area (Å²) in [6.07, 6.45) is 2.02. The average Bonchev–Trinajstić information content (AvgIpc) is 2.16. The maximum atomic E-state index is 11.4. The molecule has 0 amide bonds. The molecule has 0 saturated heterocycles. The van der Waals surface area contributed by atoms with Gasteiger partial charge >= 0.3 is 11.1 Å². The molecule has 0 aromatic heterocycles. The van der Waals surface area contributed by atoms with Gasteiger partial charge in [-0.3, -0.25) is 0 Å². The molecule has 0 aromatic rings. The summed E-state index contributed by atoms with van der Waals surface area (Å²) in [6.45, 7) is 3.15. The van der Waals surface area contributed by atoms with E-state index in [-0.39, 0.29) is 5.57 Å². The first kappa shape index (κ1) is 16.4. The van der Waals surface area contributed by atoms with Crippen LogP contribution >= 0.6 is 0 Å². The van der Waals surface area contributed by atoms with Gasteiger partial charge in [0.2, 0.25) is 11.1 Å². The highest BCUT2D eigenvalue weighted by Gasteiger charge is 2.41. The van der Waals surface area contributed by atoms with Gasteiger partial charge < -0.3 is 18.9 Å². The fourth-order valence-corrected chi connectivity index (χ4v) is 2.11. The summed E-state index contributed by atoms with van der Waals surface area (Å²) in [5.41, 5.74) is 0.125. The van der Waals surface area contributed by atoms with Gasteiger partial charge in [0.25, 0.3) is 0 Å². The van der Waals surface area contributed by atoms with Gasteiger partial charge in [-0.15, -0.1) is 0 Å². The smallest absolute Gasteiger partial charge is 0.336 e. The van der Waals surface area contributed by atoms with Gasteiger partial charge in [-0.1, -0.05) is 13.0 Å². The van der Waals surface area contributed by atoms with Crippen LogP contribution in [0, 0.1) is 0 Å². The van der Waals surface area contributed by atoms with E-state index in [1.807, 2.05) is 0 Å². The quantitative estimate of drug-likeness (QED) is 0.271. The molecule has 0 radical (unpaired) electrons. The lowest BCUT2D eigenvalue weighted by molar-refractivity contribution is -0.169. The topological polar surface area (TPSA) is 121 Å². The van der Waals surface area contributed by atoms with Crippen LogP contribution in [0.2, 0.25) is 0 Å². The highest BCUT2D eigenvalue weighted by atomic mass is 32.2. The Morgan fingerprint density at radius 1 is 1.41 bits per heavy atom. The standard InChI is InChI=1S/C8H14O7S2/c1-3-4-6(2)7(9)15-8(10,17(13)14)5-16(11)12/h4,10H,3,5H2,1-2H3,(H,11,12)(H,13,14). The van der Waals surface area contributed by atoms with Crippen molar-refractivity contribution >= 4 is 28.1 Å². The zero-order valence-electron chi connectivity index (χ0n) is 9.28. The van der Waals surface area contributed by atoms with Crippen LogP contribution in [0.1, 0.15) is 20.3 Å². The molecule has 3 atom stereocenters. The van der Waals surface area contributed by atoms with E-state index in [0.717, 1.165) is 0 Å². The Hall–Kier alpha value is -0.610. The minimum absolute atomic E-state index is 0.125. The number of allylic oxidation sites excluding steroid dienone is 1. The normalized spacial score (nSPS) is 19.2. The highest BCUT2D eigenvalue weighted by molar-refractivity contribution is 7.84. The molecule has 0 aromatic carbocycles. The molecule has 3 unspecified atom stereocenters. The first-order valence-electron chi connectivity index (χ1n) is 4.53. The summed E-state index contributed by atoms with van der Waals surface area (Å²) in [6, 6.07) is 0. The number of carbonyl (C=O) groups is 1. The van der Waals surface area contributed by atoms with Crippen molar-refractivity contribution in [1.29, 1.82) is 0 Å². The van der Waals surface area contributed by atoms with Crippen molar-refractivity contribution in [2.45, 2.75) is 25.4 Å². The Morgan fingerprint density at radius 3 is 2.29 bits per heavy atom. The van der Waals surface area contributed by atoms with Gasteiger partial charge in [-0.2, -0.15) is 0 Å². The second-order valence-electron chi connectivity index (χ2n) is 3.11. The van der Waals surface area contributed by atoms with Crippen molar-refractivity contribution in [3.05, 3.63) is 11.6 Å². The van der Waals surface area contributed by atoms with E-state index in [9.17, 15) is 18.3 Å². The second-order valence-corrected chi connectivity index (χ2v) is 5.18. The number of esters is 1. The summed E-state index contributed by atoms with van der Waals surface area (Å²) >= 11 is -5.59. The Balaban J connectivity index is 4.89. The van der Waals surface area contributed by atoms with Gasteiger partial charge in [0.15, 0.2) is 11.1 Å². The lowest BCUT2D eigenvalue weighted by atomic mass is 10.2. The van der Waals surface area contributed by atoms with E-state index in [0.29, 0.717) is 6.42 Å². The maximum Gasteiger partial charge on any atom is 0.336 e. The molecule has 0 rings (SSSR count). The van der Waals surface area contributed by atoms with Crippen LogP contribution in [0.5, 0.6) is 0 Å².